The lowest BCUT2D eigenvalue weighted by Gasteiger charge is -2.35. The highest BCUT2D eigenvalue weighted by molar-refractivity contribution is 9.10. The van der Waals surface area contributed by atoms with Gasteiger partial charge in [0.1, 0.15) is 5.00 Å². The summed E-state index contributed by atoms with van der Waals surface area (Å²) in [5.41, 5.74) is 3.61. The minimum Gasteiger partial charge on any atom is -0.360 e. The van der Waals surface area contributed by atoms with Gasteiger partial charge < -0.3 is 4.90 Å². The van der Waals surface area contributed by atoms with Crippen molar-refractivity contribution in [3.05, 3.63) is 77.0 Å². The molecule has 0 unspecified atom stereocenters. The molecule has 2 aromatic heterocycles. The van der Waals surface area contributed by atoms with Crippen molar-refractivity contribution in [3.8, 4) is 11.3 Å². The first-order chi connectivity index (χ1) is 14.2. The first-order valence-corrected chi connectivity index (χ1v) is 11.6. The summed E-state index contributed by atoms with van der Waals surface area (Å²) >= 11 is 5.28. The largest absolute Gasteiger partial charge is 0.360 e. The molecule has 0 N–H and O–H groups in total. The fraction of sp³-hybridized carbons (Fsp3) is 0.261. The van der Waals surface area contributed by atoms with E-state index < -0.39 is 0 Å². The molecule has 2 aromatic carbocycles. The quantitative estimate of drug-likeness (QED) is 0.404. The lowest BCUT2D eigenvalue weighted by molar-refractivity contribution is 0.261. The molecule has 0 saturated carbocycles. The molecule has 0 spiro atoms. The molecule has 4 aromatic rings. The van der Waals surface area contributed by atoms with Gasteiger partial charge in [-0.1, -0.05) is 69.7 Å². The van der Waals surface area contributed by atoms with Crippen LogP contribution in [0.15, 0.2) is 71.5 Å². The molecule has 1 saturated heterocycles. The lowest BCUT2D eigenvalue weighted by atomic mass is 10.1. The minimum absolute atomic E-state index is 1.03. The lowest BCUT2D eigenvalue weighted by Crippen LogP contribution is -2.46. The zero-order valence-corrected chi connectivity index (χ0v) is 18.6. The number of benzene rings is 2. The van der Waals surface area contributed by atoms with E-state index in [9.17, 15) is 0 Å². The molecular formula is C23H23BrN4S. The van der Waals surface area contributed by atoms with Crippen LogP contribution < -0.4 is 4.90 Å². The zero-order valence-electron chi connectivity index (χ0n) is 16.2. The molecular weight excluding hydrogens is 444 g/mol. The summed E-state index contributed by atoms with van der Waals surface area (Å²) in [5.74, 6) is 0. The van der Waals surface area contributed by atoms with Gasteiger partial charge in [0.2, 0.25) is 0 Å². The Morgan fingerprint density at radius 3 is 2.38 bits per heavy atom. The Labute approximate surface area is 183 Å². The van der Waals surface area contributed by atoms with Crippen molar-refractivity contribution in [1.82, 2.24) is 14.3 Å². The van der Waals surface area contributed by atoms with Crippen LogP contribution in [0.2, 0.25) is 0 Å². The van der Waals surface area contributed by atoms with Gasteiger partial charge in [0, 0.05) is 55.2 Å². The van der Waals surface area contributed by atoms with Crippen LogP contribution in [0.1, 0.15) is 5.56 Å². The fourth-order valence-corrected chi connectivity index (χ4v) is 5.10. The van der Waals surface area contributed by atoms with Crippen LogP contribution in [0.3, 0.4) is 0 Å². The molecule has 6 heteroatoms. The molecule has 4 nitrogen and oxygen atoms in total. The number of hydrogen-bond donors (Lipinski definition) is 0. The van der Waals surface area contributed by atoms with Crippen LogP contribution in [0.5, 0.6) is 0 Å². The molecule has 3 heterocycles. The van der Waals surface area contributed by atoms with Gasteiger partial charge in [-0.25, -0.2) is 4.98 Å². The Balaban J connectivity index is 1.20. The second kappa shape index (κ2) is 8.30. The predicted molar refractivity (Wildman–Crippen MR) is 125 cm³/mol. The smallest absolute Gasteiger partial charge is 0.196 e. The average molecular weight is 467 g/mol. The number of aromatic nitrogens is 2. The number of imidazole rings is 1. The van der Waals surface area contributed by atoms with E-state index in [1.807, 2.05) is 0 Å². The van der Waals surface area contributed by atoms with Crippen LogP contribution in [0.4, 0.5) is 5.00 Å². The van der Waals surface area contributed by atoms with Gasteiger partial charge >= 0.3 is 0 Å². The molecule has 1 aliphatic heterocycles. The summed E-state index contributed by atoms with van der Waals surface area (Å²) in [5, 5.41) is 1.32. The summed E-state index contributed by atoms with van der Waals surface area (Å²) in [6.07, 6.45) is 5.50. The van der Waals surface area contributed by atoms with E-state index >= 15 is 0 Å². The van der Waals surface area contributed by atoms with Gasteiger partial charge in [0.25, 0.3) is 0 Å². The summed E-state index contributed by atoms with van der Waals surface area (Å²) < 4.78 is 3.26. The normalized spacial score (nSPS) is 15.3. The molecule has 0 atom stereocenters. The van der Waals surface area contributed by atoms with Crippen LogP contribution >= 0.6 is 27.3 Å². The van der Waals surface area contributed by atoms with Crippen molar-refractivity contribution >= 4 is 37.2 Å². The van der Waals surface area contributed by atoms with Crippen molar-refractivity contribution in [3.63, 3.8) is 0 Å². The van der Waals surface area contributed by atoms with Crippen molar-refractivity contribution < 1.29 is 0 Å². The van der Waals surface area contributed by atoms with Crippen molar-refractivity contribution in [1.29, 1.82) is 0 Å². The van der Waals surface area contributed by atoms with Gasteiger partial charge in [-0.3, -0.25) is 9.30 Å². The van der Waals surface area contributed by atoms with Crippen LogP contribution in [-0.2, 0) is 6.42 Å². The summed E-state index contributed by atoms with van der Waals surface area (Å²) in [6.45, 7) is 5.55. The Morgan fingerprint density at radius 1 is 0.897 bits per heavy atom. The number of fused-ring (bicyclic) bond motifs is 1. The van der Waals surface area contributed by atoms with E-state index in [0.29, 0.717) is 0 Å². The summed E-state index contributed by atoms with van der Waals surface area (Å²) in [4.78, 5) is 11.0. The van der Waals surface area contributed by atoms with Crippen LogP contribution in [-0.4, -0.2) is 47.0 Å². The van der Waals surface area contributed by atoms with Crippen molar-refractivity contribution in [2.45, 2.75) is 6.42 Å². The average Bonchev–Trinajstić information content (AvgIpc) is 3.33. The SMILES string of the molecule is Brc1ccc(-c2cn3cc(N4CCN(CCc5ccccc5)CC4)sc3n2)cc1. The number of nitrogens with zero attached hydrogens (tertiary/aromatic N) is 4. The highest BCUT2D eigenvalue weighted by atomic mass is 79.9. The third-order valence-corrected chi connectivity index (χ3v) is 7.11. The monoisotopic (exact) mass is 466 g/mol. The van der Waals surface area contributed by atoms with Gasteiger partial charge in [0.05, 0.1) is 5.69 Å². The Hall–Kier alpha value is -2.15. The van der Waals surface area contributed by atoms with Crippen LogP contribution in [0.25, 0.3) is 16.2 Å². The Morgan fingerprint density at radius 2 is 1.66 bits per heavy atom. The fourth-order valence-electron chi connectivity index (χ4n) is 3.81. The van der Waals surface area contributed by atoms with E-state index in [1.54, 1.807) is 11.3 Å². The standard InChI is InChI=1S/C23H23BrN4S/c24-20-8-6-19(7-9-20)21-16-28-17-22(29-23(28)25-21)27-14-12-26(13-15-27)11-10-18-4-2-1-3-5-18/h1-9,16-17H,10-15H2. The predicted octanol–water partition coefficient (Wildman–Crippen LogP) is 5.19. The van der Waals surface area contributed by atoms with E-state index in [0.717, 1.165) is 59.8 Å². The molecule has 1 fully saturated rings. The van der Waals surface area contributed by atoms with Gasteiger partial charge in [-0.2, -0.15) is 0 Å². The molecule has 0 aliphatic carbocycles. The maximum atomic E-state index is 4.84. The topological polar surface area (TPSA) is 23.8 Å². The third kappa shape index (κ3) is 4.25. The number of anilines is 1. The van der Waals surface area contributed by atoms with Gasteiger partial charge in [0.15, 0.2) is 4.96 Å². The number of rotatable bonds is 5. The first kappa shape index (κ1) is 18.9. The Kier molecular flexibility index (Phi) is 5.40. The second-order valence-corrected chi connectivity index (χ2v) is 9.36. The number of hydrogen-bond acceptors (Lipinski definition) is 4. The zero-order chi connectivity index (χ0) is 19.6. The summed E-state index contributed by atoms with van der Waals surface area (Å²) in [6, 6.07) is 19.1. The number of halogens is 1. The third-order valence-electron chi connectivity index (χ3n) is 5.53. The summed E-state index contributed by atoms with van der Waals surface area (Å²) in [7, 11) is 0. The first-order valence-electron chi connectivity index (χ1n) is 10.0. The number of thiazole rings is 1. The molecule has 148 valence electrons. The second-order valence-electron chi connectivity index (χ2n) is 7.46. The number of piperazine rings is 1. The molecule has 29 heavy (non-hydrogen) atoms. The van der Waals surface area contributed by atoms with Crippen molar-refractivity contribution in [2.24, 2.45) is 0 Å². The van der Waals surface area contributed by atoms with Gasteiger partial charge in [-0.05, 0) is 24.1 Å². The van der Waals surface area contributed by atoms with Crippen LogP contribution in [0, 0.1) is 0 Å². The molecule has 0 bridgehead atoms. The molecule has 5 rings (SSSR count). The van der Waals surface area contributed by atoms with Gasteiger partial charge in [-0.15, -0.1) is 0 Å². The molecule has 0 amide bonds. The van der Waals surface area contributed by atoms with E-state index in [4.69, 9.17) is 4.98 Å². The van der Waals surface area contributed by atoms with E-state index in [-0.39, 0.29) is 0 Å². The van der Waals surface area contributed by atoms with Crippen molar-refractivity contribution in [2.75, 3.05) is 37.6 Å². The van der Waals surface area contributed by atoms with E-state index in [1.165, 1.54) is 10.6 Å². The maximum absolute atomic E-state index is 4.84. The molecule has 1 aliphatic rings. The minimum atomic E-state index is 1.03. The highest BCUT2D eigenvalue weighted by Gasteiger charge is 2.19. The molecule has 0 radical (unpaired) electrons. The Bertz CT molecular complexity index is 1050. The highest BCUT2D eigenvalue weighted by Crippen LogP contribution is 2.30. The van der Waals surface area contributed by atoms with E-state index in [2.05, 4.69) is 97.1 Å². The maximum Gasteiger partial charge on any atom is 0.196 e.